The summed E-state index contributed by atoms with van der Waals surface area (Å²) in [6, 6.07) is 27.0. The van der Waals surface area contributed by atoms with Crippen molar-refractivity contribution in [2.45, 2.75) is 20.5 Å². The van der Waals surface area contributed by atoms with E-state index in [-0.39, 0.29) is 5.57 Å². The smallest absolute Gasteiger partial charge is 0.266 e. The lowest BCUT2D eigenvalue weighted by Gasteiger charge is -2.16. The number of hydrogen-bond donors (Lipinski definition) is 1. The number of carbonyl (C=O) groups excluding carboxylic acids is 1. The molecule has 38 heavy (non-hydrogen) atoms. The molecule has 192 valence electrons. The molecule has 0 aliphatic rings. The first-order chi connectivity index (χ1) is 18.5. The molecule has 0 spiro atoms. The number of halogens is 1. The number of ether oxygens (including phenoxy) is 3. The monoisotopic (exact) mass is 618 g/mol. The van der Waals surface area contributed by atoms with Crippen LogP contribution in [0.2, 0.25) is 0 Å². The molecule has 6 nitrogen and oxygen atoms in total. The van der Waals surface area contributed by atoms with Crippen LogP contribution < -0.4 is 19.5 Å². The predicted octanol–water partition coefficient (Wildman–Crippen LogP) is 7.37. The third-order valence-corrected chi connectivity index (χ3v) is 6.48. The van der Waals surface area contributed by atoms with Gasteiger partial charge in [0.05, 0.1) is 16.8 Å². The highest BCUT2D eigenvalue weighted by Crippen LogP contribution is 2.36. The fourth-order valence-corrected chi connectivity index (χ4v) is 4.74. The second kappa shape index (κ2) is 13.0. The largest absolute Gasteiger partial charge is 0.494 e. The van der Waals surface area contributed by atoms with E-state index in [0.717, 1.165) is 19.9 Å². The van der Waals surface area contributed by atoms with Crippen LogP contribution in [-0.4, -0.2) is 19.1 Å². The van der Waals surface area contributed by atoms with E-state index in [1.807, 2.05) is 44.2 Å². The second-order valence-corrected chi connectivity index (χ2v) is 9.43. The molecule has 0 unspecified atom stereocenters. The molecular formula is C31H27IN2O4. The van der Waals surface area contributed by atoms with E-state index < -0.39 is 5.91 Å². The van der Waals surface area contributed by atoms with Gasteiger partial charge in [0.2, 0.25) is 0 Å². The van der Waals surface area contributed by atoms with Crippen molar-refractivity contribution in [3.8, 4) is 23.3 Å². The number of fused-ring (bicyclic) bond motifs is 1. The van der Waals surface area contributed by atoms with Crippen LogP contribution in [0.5, 0.6) is 17.2 Å². The molecule has 1 N–H and O–H groups in total. The van der Waals surface area contributed by atoms with Gasteiger partial charge < -0.3 is 19.5 Å². The number of rotatable bonds is 10. The van der Waals surface area contributed by atoms with Crippen molar-refractivity contribution >= 4 is 51.0 Å². The Morgan fingerprint density at radius 1 is 0.947 bits per heavy atom. The van der Waals surface area contributed by atoms with Gasteiger partial charge in [-0.1, -0.05) is 42.5 Å². The van der Waals surface area contributed by atoms with Gasteiger partial charge in [-0.2, -0.15) is 5.26 Å². The molecule has 4 aromatic carbocycles. The third kappa shape index (κ3) is 6.64. The first-order valence-electron chi connectivity index (χ1n) is 12.2. The Morgan fingerprint density at radius 2 is 1.68 bits per heavy atom. The van der Waals surface area contributed by atoms with Crippen LogP contribution in [0.25, 0.3) is 16.8 Å². The number of benzene rings is 4. The summed E-state index contributed by atoms with van der Waals surface area (Å²) in [5.74, 6) is 1.38. The maximum absolute atomic E-state index is 12.8. The number of hydrogen-bond acceptors (Lipinski definition) is 5. The molecule has 0 atom stereocenters. The average molecular weight is 618 g/mol. The minimum absolute atomic E-state index is 0.0263. The Balaban J connectivity index is 1.55. The number of nitrogens with one attached hydrogen (secondary N) is 1. The molecule has 0 saturated carbocycles. The van der Waals surface area contributed by atoms with Gasteiger partial charge in [0, 0.05) is 5.69 Å². The Kier molecular flexibility index (Phi) is 9.22. The number of amides is 1. The molecule has 7 heteroatoms. The third-order valence-electron chi connectivity index (χ3n) is 5.68. The van der Waals surface area contributed by atoms with Gasteiger partial charge in [0.25, 0.3) is 5.91 Å². The van der Waals surface area contributed by atoms with Crippen LogP contribution in [0.1, 0.15) is 25.0 Å². The zero-order chi connectivity index (χ0) is 26.9. The Bertz CT molecular complexity index is 1500. The van der Waals surface area contributed by atoms with E-state index in [4.69, 9.17) is 14.2 Å². The van der Waals surface area contributed by atoms with Crippen molar-refractivity contribution in [1.29, 1.82) is 5.26 Å². The molecular weight excluding hydrogens is 591 g/mol. The van der Waals surface area contributed by atoms with Crippen molar-refractivity contribution in [2.75, 3.05) is 18.5 Å². The van der Waals surface area contributed by atoms with Gasteiger partial charge in [-0.3, -0.25) is 4.79 Å². The molecule has 4 rings (SSSR count). The molecule has 0 aliphatic heterocycles. The number of anilines is 1. The maximum atomic E-state index is 12.8. The first kappa shape index (κ1) is 27.0. The molecule has 0 aromatic heterocycles. The standard InChI is InChI=1S/C31H27IN2O4/c1-3-36-26-14-12-25(13-15-26)34-31(35)24(19-33)16-21-17-28(32)30(29(18-21)37-4-2)38-20-23-10-7-9-22-8-5-6-11-27(22)23/h5-18H,3-4,20H2,1-2H3,(H,34,35). The van der Waals surface area contributed by atoms with E-state index in [0.29, 0.717) is 48.3 Å². The minimum atomic E-state index is -0.499. The van der Waals surface area contributed by atoms with Crippen molar-refractivity contribution in [3.05, 3.63) is 99.1 Å². The van der Waals surface area contributed by atoms with Crippen molar-refractivity contribution in [3.63, 3.8) is 0 Å². The Morgan fingerprint density at radius 3 is 2.42 bits per heavy atom. The first-order valence-corrected chi connectivity index (χ1v) is 13.3. The zero-order valence-corrected chi connectivity index (χ0v) is 23.3. The van der Waals surface area contributed by atoms with Gasteiger partial charge in [-0.15, -0.1) is 0 Å². The van der Waals surface area contributed by atoms with E-state index in [1.165, 1.54) is 0 Å². The van der Waals surface area contributed by atoms with Crippen LogP contribution in [0.3, 0.4) is 0 Å². The Hall–Kier alpha value is -4.03. The summed E-state index contributed by atoms with van der Waals surface area (Å²) in [5.41, 5.74) is 2.28. The fraction of sp³-hybridized carbons (Fsp3) is 0.161. The number of carbonyl (C=O) groups is 1. The van der Waals surface area contributed by atoms with Crippen molar-refractivity contribution in [2.24, 2.45) is 0 Å². The van der Waals surface area contributed by atoms with Crippen molar-refractivity contribution < 1.29 is 19.0 Å². The lowest BCUT2D eigenvalue weighted by atomic mass is 10.1. The van der Waals surface area contributed by atoms with E-state index >= 15 is 0 Å². The summed E-state index contributed by atoms with van der Waals surface area (Å²) < 4.78 is 18.4. The zero-order valence-electron chi connectivity index (χ0n) is 21.2. The van der Waals surface area contributed by atoms with E-state index in [1.54, 1.807) is 36.4 Å². The Labute approximate surface area is 236 Å². The minimum Gasteiger partial charge on any atom is -0.494 e. The highest BCUT2D eigenvalue weighted by atomic mass is 127. The average Bonchev–Trinajstić information content (AvgIpc) is 2.92. The molecule has 1 amide bonds. The summed E-state index contributed by atoms with van der Waals surface area (Å²) in [6.45, 7) is 5.18. The SMILES string of the molecule is CCOc1ccc(NC(=O)C(C#N)=Cc2cc(I)c(OCc3cccc4ccccc34)c(OCC)c2)cc1. The second-order valence-electron chi connectivity index (χ2n) is 8.27. The molecule has 4 aromatic rings. The molecule has 0 fully saturated rings. The quantitative estimate of drug-likeness (QED) is 0.114. The van der Waals surface area contributed by atoms with Gasteiger partial charge in [-0.05, 0) is 101 Å². The van der Waals surface area contributed by atoms with Crippen LogP contribution in [0.4, 0.5) is 5.69 Å². The van der Waals surface area contributed by atoms with Crippen LogP contribution in [0, 0.1) is 14.9 Å². The summed E-state index contributed by atoms with van der Waals surface area (Å²) in [5, 5.41) is 14.7. The van der Waals surface area contributed by atoms with Crippen LogP contribution in [-0.2, 0) is 11.4 Å². The number of nitrogens with zero attached hydrogens (tertiary/aromatic N) is 1. The summed E-state index contributed by atoms with van der Waals surface area (Å²) >= 11 is 2.19. The highest BCUT2D eigenvalue weighted by molar-refractivity contribution is 14.1. The van der Waals surface area contributed by atoms with Gasteiger partial charge in [-0.25, -0.2) is 0 Å². The van der Waals surface area contributed by atoms with E-state index in [2.05, 4.69) is 52.2 Å². The lowest BCUT2D eigenvalue weighted by Crippen LogP contribution is -2.13. The van der Waals surface area contributed by atoms with Gasteiger partial charge in [0.1, 0.15) is 24.0 Å². The molecule has 0 aliphatic carbocycles. The van der Waals surface area contributed by atoms with Crippen LogP contribution >= 0.6 is 22.6 Å². The summed E-state index contributed by atoms with van der Waals surface area (Å²) in [7, 11) is 0. The normalized spacial score (nSPS) is 11.1. The maximum Gasteiger partial charge on any atom is 0.266 e. The van der Waals surface area contributed by atoms with Crippen molar-refractivity contribution in [1.82, 2.24) is 0 Å². The highest BCUT2D eigenvalue weighted by Gasteiger charge is 2.15. The molecule has 0 heterocycles. The summed E-state index contributed by atoms with van der Waals surface area (Å²) in [4.78, 5) is 12.8. The lowest BCUT2D eigenvalue weighted by molar-refractivity contribution is -0.112. The molecule has 0 saturated heterocycles. The molecule has 0 bridgehead atoms. The van der Waals surface area contributed by atoms with Crippen LogP contribution in [0.15, 0.2) is 84.4 Å². The fourth-order valence-electron chi connectivity index (χ4n) is 3.96. The number of nitriles is 1. The predicted molar refractivity (Wildman–Crippen MR) is 158 cm³/mol. The topological polar surface area (TPSA) is 80.6 Å². The van der Waals surface area contributed by atoms with E-state index in [9.17, 15) is 10.1 Å². The summed E-state index contributed by atoms with van der Waals surface area (Å²) in [6.07, 6.45) is 1.54. The van der Waals surface area contributed by atoms with Gasteiger partial charge >= 0.3 is 0 Å². The molecule has 0 radical (unpaired) electrons. The van der Waals surface area contributed by atoms with Gasteiger partial charge in [0.15, 0.2) is 11.5 Å².